The van der Waals surface area contributed by atoms with Gasteiger partial charge in [-0.3, -0.25) is 4.79 Å². The van der Waals surface area contributed by atoms with E-state index >= 15 is 0 Å². The molecule has 8 heteroatoms. The molecule has 2 N–H and O–H groups in total. The van der Waals surface area contributed by atoms with Crippen LogP contribution in [0.1, 0.15) is 10.4 Å². The molecule has 6 nitrogen and oxygen atoms in total. The molecule has 1 aliphatic rings. The van der Waals surface area contributed by atoms with Crippen molar-refractivity contribution in [2.45, 2.75) is 4.90 Å². The monoisotopic (exact) mass is 288 g/mol. The van der Waals surface area contributed by atoms with Crippen molar-refractivity contribution in [3.8, 4) is 0 Å². The van der Waals surface area contributed by atoms with E-state index in [2.05, 4.69) is 0 Å². The third-order valence-corrected chi connectivity index (χ3v) is 4.71. The second-order valence-corrected chi connectivity index (χ2v) is 5.96. The molecular formula is C11H13FN2O4S. The number of hydrogen-bond donors (Lipinski definition) is 1. The minimum Gasteiger partial charge on any atom is -0.379 e. The van der Waals surface area contributed by atoms with Gasteiger partial charge in [0.15, 0.2) is 0 Å². The minimum absolute atomic E-state index is 0.149. The fourth-order valence-electron chi connectivity index (χ4n) is 1.79. The van der Waals surface area contributed by atoms with E-state index in [4.69, 9.17) is 10.5 Å². The van der Waals surface area contributed by atoms with Crippen LogP contribution in [0.15, 0.2) is 23.1 Å². The van der Waals surface area contributed by atoms with Gasteiger partial charge in [0.2, 0.25) is 10.0 Å². The Morgan fingerprint density at radius 1 is 1.32 bits per heavy atom. The van der Waals surface area contributed by atoms with Crippen LogP contribution in [0.5, 0.6) is 0 Å². The van der Waals surface area contributed by atoms with Crippen LogP contribution >= 0.6 is 0 Å². The van der Waals surface area contributed by atoms with E-state index in [9.17, 15) is 17.6 Å². The summed E-state index contributed by atoms with van der Waals surface area (Å²) >= 11 is 0. The average Bonchev–Trinajstić information content (AvgIpc) is 2.39. The summed E-state index contributed by atoms with van der Waals surface area (Å²) in [6.45, 7) is 1.07. The largest absolute Gasteiger partial charge is 0.379 e. The van der Waals surface area contributed by atoms with Crippen molar-refractivity contribution >= 4 is 15.9 Å². The maximum absolute atomic E-state index is 13.3. The average molecular weight is 288 g/mol. The van der Waals surface area contributed by atoms with Gasteiger partial charge in [-0.1, -0.05) is 0 Å². The lowest BCUT2D eigenvalue weighted by molar-refractivity contribution is 0.0730. The first kappa shape index (κ1) is 13.9. The summed E-state index contributed by atoms with van der Waals surface area (Å²) in [5, 5.41) is 0. The Bertz CT molecular complexity index is 597. The molecule has 0 atom stereocenters. The lowest BCUT2D eigenvalue weighted by Gasteiger charge is -2.26. The highest BCUT2D eigenvalue weighted by atomic mass is 32.2. The molecule has 2 rings (SSSR count). The van der Waals surface area contributed by atoms with Crippen LogP contribution in [0.25, 0.3) is 0 Å². The van der Waals surface area contributed by atoms with Crippen LogP contribution in [0, 0.1) is 5.82 Å². The fourth-order valence-corrected chi connectivity index (χ4v) is 3.22. The molecule has 1 saturated heterocycles. The van der Waals surface area contributed by atoms with Gasteiger partial charge in [-0.15, -0.1) is 0 Å². The minimum atomic E-state index is -3.76. The van der Waals surface area contributed by atoms with E-state index in [0.29, 0.717) is 13.2 Å². The Kier molecular flexibility index (Phi) is 3.83. The summed E-state index contributed by atoms with van der Waals surface area (Å²) < 4.78 is 44.2. The smallest absolute Gasteiger partial charge is 0.251 e. The highest BCUT2D eigenvalue weighted by Gasteiger charge is 2.27. The molecule has 0 saturated carbocycles. The van der Waals surface area contributed by atoms with Crippen molar-refractivity contribution in [3.05, 3.63) is 29.6 Å². The predicted molar refractivity (Wildman–Crippen MR) is 64.5 cm³/mol. The van der Waals surface area contributed by atoms with Crippen LogP contribution in [-0.4, -0.2) is 44.9 Å². The van der Waals surface area contributed by atoms with Gasteiger partial charge in [-0.25, -0.2) is 12.8 Å². The maximum atomic E-state index is 13.3. The highest BCUT2D eigenvalue weighted by molar-refractivity contribution is 7.89. The van der Waals surface area contributed by atoms with Gasteiger partial charge < -0.3 is 10.5 Å². The molecule has 1 aliphatic heterocycles. The molecular weight excluding hydrogens is 275 g/mol. The molecule has 0 aromatic heterocycles. The lowest BCUT2D eigenvalue weighted by Crippen LogP contribution is -2.40. The Morgan fingerprint density at radius 3 is 2.53 bits per heavy atom. The normalized spacial score (nSPS) is 17.3. The zero-order valence-corrected chi connectivity index (χ0v) is 10.8. The third kappa shape index (κ3) is 2.75. The number of carbonyl (C=O) groups is 1. The zero-order chi connectivity index (χ0) is 14.0. The summed E-state index contributed by atoms with van der Waals surface area (Å²) in [5.41, 5.74) is 4.56. The summed E-state index contributed by atoms with van der Waals surface area (Å²) in [5.74, 6) is -1.84. The van der Waals surface area contributed by atoms with E-state index in [0.717, 1.165) is 18.2 Å². The van der Waals surface area contributed by atoms with E-state index in [1.807, 2.05) is 0 Å². The third-order valence-electron chi connectivity index (χ3n) is 2.81. The van der Waals surface area contributed by atoms with Crippen LogP contribution in [-0.2, 0) is 14.8 Å². The van der Waals surface area contributed by atoms with Crippen molar-refractivity contribution in [1.29, 1.82) is 0 Å². The quantitative estimate of drug-likeness (QED) is 0.844. The molecule has 19 heavy (non-hydrogen) atoms. The number of primary amides is 1. The zero-order valence-electron chi connectivity index (χ0n) is 10.0. The number of ether oxygens (including phenoxy) is 1. The Hall–Kier alpha value is -1.51. The number of amides is 1. The molecule has 1 aromatic rings. The molecule has 104 valence electrons. The van der Waals surface area contributed by atoms with Crippen LogP contribution in [0.4, 0.5) is 4.39 Å². The van der Waals surface area contributed by atoms with E-state index in [1.165, 1.54) is 4.31 Å². The summed E-state index contributed by atoms with van der Waals surface area (Å²) in [6, 6.07) is 3.00. The number of benzene rings is 1. The van der Waals surface area contributed by atoms with Gasteiger partial charge in [0, 0.05) is 13.1 Å². The number of nitrogens with zero attached hydrogens (tertiary/aromatic N) is 1. The Labute approximate surface area is 110 Å². The van der Waals surface area contributed by atoms with Crippen molar-refractivity contribution in [2.24, 2.45) is 5.73 Å². The van der Waals surface area contributed by atoms with E-state index in [1.54, 1.807) is 0 Å². The highest BCUT2D eigenvalue weighted by Crippen LogP contribution is 2.19. The van der Waals surface area contributed by atoms with Crippen molar-refractivity contribution in [2.75, 3.05) is 26.3 Å². The van der Waals surface area contributed by atoms with E-state index < -0.39 is 27.3 Å². The first-order valence-corrected chi connectivity index (χ1v) is 7.04. The van der Waals surface area contributed by atoms with Crippen LogP contribution < -0.4 is 5.73 Å². The number of nitrogens with two attached hydrogens (primary N) is 1. The van der Waals surface area contributed by atoms with Gasteiger partial charge in [0.1, 0.15) is 5.82 Å². The van der Waals surface area contributed by atoms with Crippen LogP contribution in [0.3, 0.4) is 0 Å². The number of sulfonamides is 1. The second kappa shape index (κ2) is 5.24. The SMILES string of the molecule is NC(=O)c1cc(S(=O)(=O)N2CCOCC2)ccc1F. The summed E-state index contributed by atoms with van der Waals surface area (Å²) in [4.78, 5) is 10.9. The van der Waals surface area contributed by atoms with E-state index in [-0.39, 0.29) is 18.0 Å². The Balaban J connectivity index is 2.40. The molecule has 0 bridgehead atoms. The topological polar surface area (TPSA) is 89.7 Å². The van der Waals surface area contributed by atoms with Gasteiger partial charge in [-0.2, -0.15) is 4.31 Å². The lowest BCUT2D eigenvalue weighted by atomic mass is 10.2. The number of hydrogen-bond acceptors (Lipinski definition) is 4. The van der Waals surface area contributed by atoms with Gasteiger partial charge in [0.05, 0.1) is 23.7 Å². The van der Waals surface area contributed by atoms with Gasteiger partial charge in [0.25, 0.3) is 5.91 Å². The Morgan fingerprint density at radius 2 is 1.95 bits per heavy atom. The number of rotatable bonds is 3. The predicted octanol–water partition coefficient (Wildman–Crippen LogP) is -0.0545. The molecule has 1 aromatic carbocycles. The molecule has 0 radical (unpaired) electrons. The second-order valence-electron chi connectivity index (χ2n) is 4.02. The molecule has 1 amide bonds. The summed E-state index contributed by atoms with van der Waals surface area (Å²) in [6.07, 6.45) is 0. The summed E-state index contributed by atoms with van der Waals surface area (Å²) in [7, 11) is -3.76. The first-order chi connectivity index (χ1) is 8.93. The molecule has 1 fully saturated rings. The number of halogens is 1. The van der Waals surface area contributed by atoms with Gasteiger partial charge in [-0.05, 0) is 18.2 Å². The fraction of sp³-hybridized carbons (Fsp3) is 0.364. The first-order valence-electron chi connectivity index (χ1n) is 5.60. The number of morpholine rings is 1. The van der Waals surface area contributed by atoms with Crippen molar-refractivity contribution in [3.63, 3.8) is 0 Å². The standard InChI is InChI=1S/C11H13FN2O4S/c12-10-2-1-8(7-9(10)11(13)15)19(16,17)14-3-5-18-6-4-14/h1-2,7H,3-6H2,(H2,13,15). The van der Waals surface area contributed by atoms with Crippen molar-refractivity contribution in [1.82, 2.24) is 4.31 Å². The molecule has 0 unspecified atom stereocenters. The maximum Gasteiger partial charge on any atom is 0.251 e. The van der Waals surface area contributed by atoms with Crippen molar-refractivity contribution < 1.29 is 22.3 Å². The van der Waals surface area contributed by atoms with Gasteiger partial charge >= 0.3 is 0 Å². The molecule has 1 heterocycles. The molecule has 0 aliphatic carbocycles. The van der Waals surface area contributed by atoms with Crippen LogP contribution in [0.2, 0.25) is 0 Å². The molecule has 0 spiro atoms. The number of carbonyl (C=O) groups excluding carboxylic acids is 1.